The molecule has 28 heavy (non-hydrogen) atoms. The SMILES string of the molecule is CCNC(=NCCCN1CCCCCC1=O)NCCN(C)C(=O)OC(C)(C)C. The van der Waals surface area contributed by atoms with Gasteiger partial charge < -0.3 is 25.2 Å². The first-order valence-electron chi connectivity index (χ1n) is 10.5. The maximum absolute atomic E-state index is 12.0. The van der Waals surface area contributed by atoms with Gasteiger partial charge in [-0.2, -0.15) is 0 Å². The number of carbonyl (C=O) groups excluding carboxylic acids is 2. The van der Waals surface area contributed by atoms with E-state index in [-0.39, 0.29) is 12.0 Å². The fourth-order valence-corrected chi connectivity index (χ4v) is 2.84. The first-order chi connectivity index (χ1) is 13.2. The van der Waals surface area contributed by atoms with Gasteiger partial charge in [0.05, 0.1) is 0 Å². The third kappa shape index (κ3) is 10.4. The number of nitrogens with zero attached hydrogens (tertiary/aromatic N) is 3. The predicted molar refractivity (Wildman–Crippen MR) is 113 cm³/mol. The van der Waals surface area contributed by atoms with Crippen molar-refractivity contribution in [3.05, 3.63) is 0 Å². The molecule has 1 fully saturated rings. The van der Waals surface area contributed by atoms with Crippen molar-refractivity contribution in [3.63, 3.8) is 0 Å². The van der Waals surface area contributed by atoms with Gasteiger partial charge in [0.15, 0.2) is 5.96 Å². The van der Waals surface area contributed by atoms with Crippen molar-refractivity contribution in [2.75, 3.05) is 46.3 Å². The molecule has 1 aliphatic rings. The maximum atomic E-state index is 12.0. The number of amides is 2. The highest BCUT2D eigenvalue weighted by Gasteiger charge is 2.19. The molecule has 1 heterocycles. The van der Waals surface area contributed by atoms with E-state index < -0.39 is 5.60 Å². The molecule has 1 aliphatic heterocycles. The van der Waals surface area contributed by atoms with E-state index in [0.717, 1.165) is 51.3 Å². The van der Waals surface area contributed by atoms with Gasteiger partial charge in [-0.25, -0.2) is 4.79 Å². The zero-order valence-corrected chi connectivity index (χ0v) is 18.3. The summed E-state index contributed by atoms with van der Waals surface area (Å²) in [7, 11) is 1.72. The molecule has 0 aromatic heterocycles. The van der Waals surface area contributed by atoms with Gasteiger partial charge in [-0.1, -0.05) is 6.42 Å². The number of hydrogen-bond donors (Lipinski definition) is 2. The Morgan fingerprint density at radius 3 is 2.68 bits per heavy atom. The summed E-state index contributed by atoms with van der Waals surface area (Å²) < 4.78 is 5.34. The van der Waals surface area contributed by atoms with Crippen molar-refractivity contribution in [3.8, 4) is 0 Å². The van der Waals surface area contributed by atoms with Gasteiger partial charge in [-0.15, -0.1) is 0 Å². The monoisotopic (exact) mass is 397 g/mol. The van der Waals surface area contributed by atoms with Gasteiger partial charge >= 0.3 is 6.09 Å². The minimum absolute atomic E-state index is 0.275. The third-order valence-electron chi connectivity index (χ3n) is 4.32. The Balaban J connectivity index is 2.34. The van der Waals surface area contributed by atoms with Crippen molar-refractivity contribution in [1.82, 2.24) is 20.4 Å². The number of carbonyl (C=O) groups is 2. The number of likely N-dealkylation sites (N-methyl/N-ethyl adjacent to an activating group) is 1. The Morgan fingerprint density at radius 2 is 2.00 bits per heavy atom. The number of likely N-dealkylation sites (tertiary alicyclic amines) is 1. The van der Waals surface area contributed by atoms with Crippen LogP contribution < -0.4 is 10.6 Å². The lowest BCUT2D eigenvalue weighted by molar-refractivity contribution is -0.130. The summed E-state index contributed by atoms with van der Waals surface area (Å²) in [6.45, 7) is 11.7. The molecule has 2 amide bonds. The number of guanidine groups is 1. The van der Waals surface area contributed by atoms with Crippen molar-refractivity contribution in [1.29, 1.82) is 0 Å². The summed E-state index contributed by atoms with van der Waals surface area (Å²) in [5.41, 5.74) is -0.496. The van der Waals surface area contributed by atoms with Crippen molar-refractivity contribution < 1.29 is 14.3 Å². The van der Waals surface area contributed by atoms with E-state index in [0.29, 0.717) is 26.1 Å². The Labute approximate surface area is 170 Å². The Bertz CT molecular complexity index is 516. The summed E-state index contributed by atoms with van der Waals surface area (Å²) in [5, 5.41) is 6.44. The molecule has 8 nitrogen and oxygen atoms in total. The summed E-state index contributed by atoms with van der Waals surface area (Å²) in [4.78, 5) is 32.1. The molecular formula is C20H39N5O3. The lowest BCUT2D eigenvalue weighted by Crippen LogP contribution is -2.43. The van der Waals surface area contributed by atoms with Crippen LogP contribution in [0.1, 0.15) is 59.8 Å². The lowest BCUT2D eigenvalue weighted by atomic mass is 10.2. The zero-order chi connectivity index (χ0) is 21.0. The summed E-state index contributed by atoms with van der Waals surface area (Å²) in [6, 6.07) is 0. The molecule has 0 spiro atoms. The van der Waals surface area contributed by atoms with Gasteiger partial charge in [-0.05, 0) is 47.0 Å². The highest BCUT2D eigenvalue weighted by molar-refractivity contribution is 5.79. The largest absolute Gasteiger partial charge is 0.444 e. The molecule has 162 valence electrons. The van der Waals surface area contributed by atoms with E-state index in [1.165, 1.54) is 0 Å². The molecule has 0 saturated carbocycles. The van der Waals surface area contributed by atoms with Crippen molar-refractivity contribution >= 4 is 18.0 Å². The van der Waals surface area contributed by atoms with Gasteiger partial charge in [0.2, 0.25) is 5.91 Å². The standard InChI is InChI=1S/C20H39N5O3/c1-6-21-18(23-13-16-24(5)19(27)28-20(2,3)4)22-12-10-15-25-14-9-7-8-11-17(25)26/h6-16H2,1-5H3,(H2,21,22,23). The molecule has 0 unspecified atom stereocenters. The van der Waals surface area contributed by atoms with Crippen LogP contribution in [0.5, 0.6) is 0 Å². The molecule has 2 N–H and O–H groups in total. The maximum Gasteiger partial charge on any atom is 0.410 e. The normalized spacial score (nSPS) is 15.8. The molecule has 1 rings (SSSR count). The molecule has 1 saturated heterocycles. The average Bonchev–Trinajstić information content (AvgIpc) is 2.81. The van der Waals surface area contributed by atoms with Gasteiger partial charge in [-0.3, -0.25) is 9.79 Å². The molecule has 0 aromatic carbocycles. The van der Waals surface area contributed by atoms with Crippen LogP contribution in [0, 0.1) is 0 Å². The minimum atomic E-state index is -0.496. The highest BCUT2D eigenvalue weighted by atomic mass is 16.6. The van der Waals surface area contributed by atoms with Crippen LogP contribution in [0.2, 0.25) is 0 Å². The average molecular weight is 398 g/mol. The molecule has 8 heteroatoms. The first-order valence-corrected chi connectivity index (χ1v) is 10.5. The Kier molecular flexibility index (Phi) is 10.7. The first kappa shape index (κ1) is 24.0. The van der Waals surface area contributed by atoms with E-state index in [4.69, 9.17) is 4.74 Å². The molecule has 0 radical (unpaired) electrons. The number of aliphatic imine (C=N–C) groups is 1. The van der Waals surface area contributed by atoms with Crippen LogP contribution in [-0.4, -0.2) is 79.7 Å². The summed E-state index contributed by atoms with van der Waals surface area (Å²) in [6.07, 6.45) is 4.45. The molecular weight excluding hydrogens is 358 g/mol. The smallest absolute Gasteiger partial charge is 0.410 e. The molecule has 0 aliphatic carbocycles. The van der Waals surface area contributed by atoms with Crippen LogP contribution in [0.15, 0.2) is 4.99 Å². The number of hydrogen-bond acceptors (Lipinski definition) is 4. The quantitative estimate of drug-likeness (QED) is 0.373. The second-order valence-corrected chi connectivity index (χ2v) is 8.13. The van der Waals surface area contributed by atoms with E-state index in [1.807, 2.05) is 32.6 Å². The van der Waals surface area contributed by atoms with Crippen LogP contribution in [0.3, 0.4) is 0 Å². The second kappa shape index (κ2) is 12.5. The predicted octanol–water partition coefficient (Wildman–Crippen LogP) is 2.20. The molecule has 0 aromatic rings. The van der Waals surface area contributed by atoms with E-state index >= 15 is 0 Å². The van der Waals surface area contributed by atoms with Crippen molar-refractivity contribution in [2.24, 2.45) is 4.99 Å². The van der Waals surface area contributed by atoms with Crippen LogP contribution in [0.4, 0.5) is 4.79 Å². The van der Waals surface area contributed by atoms with Crippen LogP contribution >= 0.6 is 0 Å². The minimum Gasteiger partial charge on any atom is -0.444 e. The van der Waals surface area contributed by atoms with E-state index in [2.05, 4.69) is 15.6 Å². The van der Waals surface area contributed by atoms with Crippen LogP contribution in [-0.2, 0) is 9.53 Å². The Morgan fingerprint density at radius 1 is 1.25 bits per heavy atom. The number of rotatable bonds is 8. The summed E-state index contributed by atoms with van der Waals surface area (Å²) in [5.74, 6) is 0.999. The zero-order valence-electron chi connectivity index (χ0n) is 18.3. The highest BCUT2D eigenvalue weighted by Crippen LogP contribution is 2.11. The van der Waals surface area contributed by atoms with Crippen LogP contribution in [0.25, 0.3) is 0 Å². The van der Waals surface area contributed by atoms with Gasteiger partial charge in [0.25, 0.3) is 0 Å². The number of nitrogens with one attached hydrogen (secondary N) is 2. The van der Waals surface area contributed by atoms with Crippen molar-refractivity contribution in [2.45, 2.75) is 65.4 Å². The summed E-state index contributed by atoms with van der Waals surface area (Å²) >= 11 is 0. The topological polar surface area (TPSA) is 86.3 Å². The Hall–Kier alpha value is -1.99. The van der Waals surface area contributed by atoms with Gasteiger partial charge in [0, 0.05) is 52.7 Å². The fraction of sp³-hybridized carbons (Fsp3) is 0.850. The second-order valence-electron chi connectivity index (χ2n) is 8.13. The molecule has 0 bridgehead atoms. The molecule has 0 atom stereocenters. The van der Waals surface area contributed by atoms with E-state index in [9.17, 15) is 9.59 Å². The van der Waals surface area contributed by atoms with E-state index in [1.54, 1.807) is 11.9 Å². The lowest BCUT2D eigenvalue weighted by Gasteiger charge is -2.25. The fourth-order valence-electron chi connectivity index (χ4n) is 2.84. The van der Waals surface area contributed by atoms with Gasteiger partial charge in [0.1, 0.15) is 5.60 Å². The number of ether oxygens (including phenoxy) is 1. The third-order valence-corrected chi connectivity index (χ3v) is 4.32.